The van der Waals surface area contributed by atoms with Crippen LogP contribution < -0.4 is 5.32 Å². The molecule has 1 rings (SSSR count). The van der Waals surface area contributed by atoms with Gasteiger partial charge >= 0.3 is 0 Å². The number of hydrogen-bond donors (Lipinski definition) is 1. The first-order valence-electron chi connectivity index (χ1n) is 4.34. The van der Waals surface area contributed by atoms with Crippen LogP contribution in [0, 0.1) is 0 Å². The van der Waals surface area contributed by atoms with E-state index in [1.54, 1.807) is 0 Å². The molecule has 0 aromatic heterocycles. The molecule has 1 N–H and O–H groups in total. The van der Waals surface area contributed by atoms with Crippen molar-refractivity contribution in [3.05, 3.63) is 0 Å². The molecule has 0 aromatic rings. The summed E-state index contributed by atoms with van der Waals surface area (Å²) in [5.74, 6) is 0.835. The van der Waals surface area contributed by atoms with Gasteiger partial charge in [0.1, 0.15) is 0 Å². The second-order valence-electron chi connectivity index (χ2n) is 3.12. The molecular formula is C8H18ClNOS. The lowest BCUT2D eigenvalue weighted by Crippen LogP contribution is -2.50. The van der Waals surface area contributed by atoms with E-state index in [-0.39, 0.29) is 17.2 Å². The molecule has 0 bridgehead atoms. The van der Waals surface area contributed by atoms with Crippen molar-refractivity contribution in [2.24, 2.45) is 0 Å². The zero-order valence-electron chi connectivity index (χ0n) is 7.76. The first-order valence-corrected chi connectivity index (χ1v) is 5.66. The van der Waals surface area contributed by atoms with Crippen molar-refractivity contribution in [2.45, 2.75) is 31.4 Å². The Balaban J connectivity index is 0.00000121. The van der Waals surface area contributed by atoms with E-state index in [2.05, 4.69) is 19.2 Å². The van der Waals surface area contributed by atoms with Gasteiger partial charge in [-0.05, 0) is 12.8 Å². The third-order valence-electron chi connectivity index (χ3n) is 2.68. The van der Waals surface area contributed by atoms with Crippen molar-refractivity contribution in [2.75, 3.05) is 18.8 Å². The topological polar surface area (TPSA) is 29.1 Å². The Morgan fingerprint density at radius 3 is 2.33 bits per heavy atom. The molecule has 1 heterocycles. The van der Waals surface area contributed by atoms with Crippen LogP contribution in [0.2, 0.25) is 0 Å². The van der Waals surface area contributed by atoms with Gasteiger partial charge in [0.25, 0.3) is 0 Å². The standard InChI is InChI=1S/C8H17NOS.ClH/c1-3-8(4-2)7-9-5-6-11(8)10;/h9H,3-7H2,1-2H3;1H. The molecule has 0 saturated carbocycles. The maximum atomic E-state index is 11.6. The Labute approximate surface area is 83.4 Å². The minimum atomic E-state index is -0.599. The van der Waals surface area contributed by atoms with Gasteiger partial charge in [-0.3, -0.25) is 4.21 Å². The molecule has 1 unspecified atom stereocenters. The number of nitrogens with one attached hydrogen (secondary N) is 1. The molecule has 4 heteroatoms. The van der Waals surface area contributed by atoms with Crippen molar-refractivity contribution in [3.63, 3.8) is 0 Å². The van der Waals surface area contributed by atoms with Crippen LogP contribution in [0.25, 0.3) is 0 Å². The number of halogens is 1. The quantitative estimate of drug-likeness (QED) is 0.747. The molecule has 1 saturated heterocycles. The summed E-state index contributed by atoms with van der Waals surface area (Å²) in [6, 6.07) is 0. The third-order valence-corrected chi connectivity index (χ3v) is 4.95. The zero-order valence-corrected chi connectivity index (χ0v) is 9.39. The molecule has 2 nitrogen and oxygen atoms in total. The van der Waals surface area contributed by atoms with Gasteiger partial charge in [0.05, 0.1) is 4.75 Å². The van der Waals surface area contributed by atoms with Gasteiger partial charge in [-0.2, -0.15) is 0 Å². The first kappa shape index (κ1) is 12.4. The zero-order chi connectivity index (χ0) is 8.32. The Kier molecular flexibility index (Phi) is 5.37. The Morgan fingerprint density at radius 2 is 2.00 bits per heavy atom. The first-order chi connectivity index (χ1) is 5.25. The van der Waals surface area contributed by atoms with E-state index in [1.807, 2.05) is 0 Å². The van der Waals surface area contributed by atoms with Gasteiger partial charge in [0, 0.05) is 29.6 Å². The van der Waals surface area contributed by atoms with Gasteiger partial charge in [-0.25, -0.2) is 0 Å². The predicted octanol–water partition coefficient (Wildman–Crippen LogP) is 1.32. The van der Waals surface area contributed by atoms with E-state index in [0.717, 1.165) is 31.7 Å². The minimum Gasteiger partial charge on any atom is -0.314 e. The molecule has 74 valence electrons. The van der Waals surface area contributed by atoms with Gasteiger partial charge < -0.3 is 5.32 Å². The molecule has 12 heavy (non-hydrogen) atoms. The van der Waals surface area contributed by atoms with Crippen LogP contribution in [0.5, 0.6) is 0 Å². The summed E-state index contributed by atoms with van der Waals surface area (Å²) in [6.07, 6.45) is 2.06. The largest absolute Gasteiger partial charge is 0.314 e. The van der Waals surface area contributed by atoms with E-state index >= 15 is 0 Å². The number of hydrogen-bond acceptors (Lipinski definition) is 2. The molecule has 0 aromatic carbocycles. The fourth-order valence-electron chi connectivity index (χ4n) is 1.60. The summed E-state index contributed by atoms with van der Waals surface area (Å²) in [6.45, 7) is 6.13. The maximum absolute atomic E-state index is 11.6. The van der Waals surface area contributed by atoms with E-state index in [9.17, 15) is 4.21 Å². The van der Waals surface area contributed by atoms with E-state index < -0.39 is 10.8 Å². The van der Waals surface area contributed by atoms with Crippen molar-refractivity contribution >= 4 is 23.2 Å². The lowest BCUT2D eigenvalue weighted by molar-refractivity contribution is 0.465. The van der Waals surface area contributed by atoms with Crippen molar-refractivity contribution in [1.82, 2.24) is 5.32 Å². The lowest BCUT2D eigenvalue weighted by Gasteiger charge is -2.34. The molecule has 1 atom stereocenters. The highest BCUT2D eigenvalue weighted by Crippen LogP contribution is 2.24. The number of rotatable bonds is 2. The smallest absolute Gasteiger partial charge is 0.0578 e. The Hall–Kier alpha value is 0.400. The van der Waals surface area contributed by atoms with Gasteiger partial charge in [0.15, 0.2) is 0 Å². The molecule has 1 fully saturated rings. The third kappa shape index (κ3) is 2.21. The van der Waals surface area contributed by atoms with Crippen LogP contribution >= 0.6 is 12.4 Å². The van der Waals surface area contributed by atoms with Crippen molar-refractivity contribution in [3.8, 4) is 0 Å². The second kappa shape index (κ2) is 5.20. The summed E-state index contributed by atoms with van der Waals surface area (Å²) in [7, 11) is -0.599. The predicted molar refractivity (Wildman–Crippen MR) is 56.4 cm³/mol. The van der Waals surface area contributed by atoms with Gasteiger partial charge in [-0.15, -0.1) is 12.4 Å². The highest BCUT2D eigenvalue weighted by Gasteiger charge is 2.34. The average Bonchev–Trinajstić information content (AvgIpc) is 2.06. The van der Waals surface area contributed by atoms with Crippen LogP contribution in [0.15, 0.2) is 0 Å². The molecule has 0 spiro atoms. The monoisotopic (exact) mass is 211 g/mol. The normalized spacial score (nSPS) is 27.7. The summed E-state index contributed by atoms with van der Waals surface area (Å²) < 4.78 is 11.7. The average molecular weight is 212 g/mol. The minimum absolute atomic E-state index is 0. The summed E-state index contributed by atoms with van der Waals surface area (Å²) in [5.41, 5.74) is 0. The molecule has 1 aliphatic rings. The van der Waals surface area contributed by atoms with E-state index in [4.69, 9.17) is 0 Å². The maximum Gasteiger partial charge on any atom is 0.0578 e. The van der Waals surface area contributed by atoms with Crippen molar-refractivity contribution in [1.29, 1.82) is 0 Å². The molecular weight excluding hydrogens is 194 g/mol. The van der Waals surface area contributed by atoms with Crippen LogP contribution in [-0.2, 0) is 10.8 Å². The lowest BCUT2D eigenvalue weighted by atomic mass is 10.0. The van der Waals surface area contributed by atoms with E-state index in [0.29, 0.717) is 0 Å². The van der Waals surface area contributed by atoms with E-state index in [1.165, 1.54) is 0 Å². The SMILES string of the molecule is CCC1(CC)CNCCS1=O.Cl. The van der Waals surface area contributed by atoms with Crippen LogP contribution in [0.3, 0.4) is 0 Å². The summed E-state index contributed by atoms with van der Waals surface area (Å²) in [5, 5.41) is 3.31. The van der Waals surface area contributed by atoms with Crippen LogP contribution in [-0.4, -0.2) is 27.8 Å². The fraction of sp³-hybridized carbons (Fsp3) is 1.00. The molecule has 0 radical (unpaired) electrons. The van der Waals surface area contributed by atoms with Crippen molar-refractivity contribution < 1.29 is 4.21 Å². The molecule has 0 aliphatic carbocycles. The Bertz CT molecular complexity index is 159. The Morgan fingerprint density at radius 1 is 1.42 bits per heavy atom. The highest BCUT2D eigenvalue weighted by atomic mass is 35.5. The van der Waals surface area contributed by atoms with Crippen LogP contribution in [0.4, 0.5) is 0 Å². The van der Waals surface area contributed by atoms with Gasteiger partial charge in [-0.1, -0.05) is 13.8 Å². The van der Waals surface area contributed by atoms with Crippen LogP contribution in [0.1, 0.15) is 26.7 Å². The van der Waals surface area contributed by atoms with Gasteiger partial charge in [0.2, 0.25) is 0 Å². The summed E-state index contributed by atoms with van der Waals surface area (Å²) in [4.78, 5) is 0. The molecule has 1 aliphatic heterocycles. The second-order valence-corrected chi connectivity index (χ2v) is 5.08. The molecule has 0 amide bonds. The fourth-order valence-corrected chi connectivity index (χ4v) is 3.27. The highest BCUT2D eigenvalue weighted by molar-refractivity contribution is 7.86. The summed E-state index contributed by atoms with van der Waals surface area (Å²) >= 11 is 0.